The van der Waals surface area contributed by atoms with Gasteiger partial charge in [0.1, 0.15) is 11.3 Å². The van der Waals surface area contributed by atoms with Gasteiger partial charge in [0.25, 0.3) is 0 Å². The summed E-state index contributed by atoms with van der Waals surface area (Å²) in [4.78, 5) is 13.5. The zero-order valence-corrected chi connectivity index (χ0v) is 20.5. The van der Waals surface area contributed by atoms with Crippen LogP contribution in [0.5, 0.6) is 5.75 Å². The Hall–Kier alpha value is -2.49. The molecular weight excluding hydrogens is 500 g/mol. The standard InChI is InChI=1S/C27H31F6NO3/c1-16(25(35)36)19-3-2-12-34(15-19)14-17-4-10-22-18(13-17)5-11-23(24(22)27(31,32)33)37-21-8-6-20(7-9-21)26(28,29)30/h4-5,10-11,13,16,19-21H,2-3,6-9,12,14-15H2,1H3,(H,35,36)/t16-,19-,20?,21?/m0/s1. The van der Waals surface area contributed by atoms with Gasteiger partial charge in [-0.15, -0.1) is 0 Å². The van der Waals surface area contributed by atoms with E-state index in [1.165, 1.54) is 12.1 Å². The van der Waals surface area contributed by atoms with Crippen LogP contribution in [0.3, 0.4) is 0 Å². The van der Waals surface area contributed by atoms with Crippen molar-refractivity contribution in [2.75, 3.05) is 13.1 Å². The molecule has 1 saturated heterocycles. The SMILES string of the molecule is C[C@H](C(=O)O)[C@H]1CCCN(Cc2ccc3c(C(F)(F)F)c(OC4CCC(C(F)(F)F)CC4)ccc3c2)C1. The lowest BCUT2D eigenvalue weighted by molar-refractivity contribution is -0.185. The third-order valence-corrected chi connectivity index (χ3v) is 7.80. The minimum absolute atomic E-state index is 0.0197. The molecule has 1 aliphatic heterocycles. The number of piperidine rings is 1. The lowest BCUT2D eigenvalue weighted by Crippen LogP contribution is -2.39. The van der Waals surface area contributed by atoms with Gasteiger partial charge in [-0.05, 0) is 79.5 Å². The van der Waals surface area contributed by atoms with Gasteiger partial charge in [-0.3, -0.25) is 9.69 Å². The predicted octanol–water partition coefficient (Wildman–Crippen LogP) is 7.29. The molecule has 1 aliphatic carbocycles. The van der Waals surface area contributed by atoms with Gasteiger partial charge in [-0.25, -0.2) is 0 Å². The van der Waals surface area contributed by atoms with Crippen molar-refractivity contribution in [2.24, 2.45) is 17.8 Å². The van der Waals surface area contributed by atoms with Crippen LogP contribution in [-0.2, 0) is 17.5 Å². The van der Waals surface area contributed by atoms with Crippen molar-refractivity contribution in [2.45, 2.75) is 70.4 Å². The van der Waals surface area contributed by atoms with Gasteiger partial charge in [-0.1, -0.05) is 25.1 Å². The first kappa shape index (κ1) is 27.5. The van der Waals surface area contributed by atoms with Crippen LogP contribution in [0.15, 0.2) is 30.3 Å². The first-order chi connectivity index (χ1) is 17.3. The molecule has 2 fully saturated rings. The van der Waals surface area contributed by atoms with Gasteiger partial charge in [0, 0.05) is 13.1 Å². The molecule has 0 bridgehead atoms. The molecule has 37 heavy (non-hydrogen) atoms. The van der Waals surface area contributed by atoms with Crippen molar-refractivity contribution < 1.29 is 41.0 Å². The molecule has 0 unspecified atom stereocenters. The van der Waals surface area contributed by atoms with Gasteiger partial charge >= 0.3 is 18.3 Å². The molecule has 0 amide bonds. The first-order valence-electron chi connectivity index (χ1n) is 12.6. The Balaban J connectivity index is 1.52. The Kier molecular flexibility index (Phi) is 7.97. The maximum Gasteiger partial charge on any atom is 0.420 e. The van der Waals surface area contributed by atoms with Gasteiger partial charge in [0.05, 0.1) is 17.9 Å². The lowest BCUT2D eigenvalue weighted by Gasteiger charge is -2.34. The van der Waals surface area contributed by atoms with E-state index in [9.17, 15) is 36.2 Å². The zero-order chi connectivity index (χ0) is 27.0. The fraction of sp³-hybridized carbons (Fsp3) is 0.593. The summed E-state index contributed by atoms with van der Waals surface area (Å²) in [6.45, 7) is 3.61. The number of ether oxygens (including phenoxy) is 1. The van der Waals surface area contributed by atoms with E-state index in [-0.39, 0.29) is 42.7 Å². The summed E-state index contributed by atoms with van der Waals surface area (Å²) < 4.78 is 86.8. The number of nitrogens with zero attached hydrogens (tertiary/aromatic N) is 1. The van der Waals surface area contributed by atoms with E-state index in [2.05, 4.69) is 4.90 Å². The molecule has 1 saturated carbocycles. The second-order valence-electron chi connectivity index (χ2n) is 10.4. The summed E-state index contributed by atoms with van der Waals surface area (Å²) in [6, 6.07) is 7.57. The number of alkyl halides is 6. The highest BCUT2D eigenvalue weighted by Crippen LogP contribution is 2.44. The summed E-state index contributed by atoms with van der Waals surface area (Å²) in [5.41, 5.74) is -0.0915. The molecule has 0 spiro atoms. The molecule has 4 rings (SSSR count). The number of benzene rings is 2. The molecule has 0 radical (unpaired) electrons. The summed E-state index contributed by atoms with van der Waals surface area (Å²) in [7, 11) is 0. The average molecular weight is 532 g/mol. The zero-order valence-electron chi connectivity index (χ0n) is 20.5. The maximum absolute atomic E-state index is 14.1. The molecule has 1 heterocycles. The number of likely N-dealkylation sites (tertiary alicyclic amines) is 1. The quantitative estimate of drug-likeness (QED) is 0.398. The number of rotatable bonds is 6. The van der Waals surface area contributed by atoms with E-state index in [0.29, 0.717) is 18.5 Å². The molecule has 2 aliphatic rings. The Morgan fingerprint density at radius 3 is 2.38 bits per heavy atom. The Morgan fingerprint density at radius 1 is 1.05 bits per heavy atom. The fourth-order valence-corrected chi connectivity index (χ4v) is 5.64. The monoisotopic (exact) mass is 531 g/mol. The minimum atomic E-state index is -4.70. The number of halogens is 6. The fourth-order valence-electron chi connectivity index (χ4n) is 5.64. The van der Waals surface area contributed by atoms with Crippen LogP contribution in [0.4, 0.5) is 26.3 Å². The third kappa shape index (κ3) is 6.51. The maximum atomic E-state index is 14.1. The summed E-state index contributed by atoms with van der Waals surface area (Å²) in [5, 5.41) is 9.70. The molecule has 2 atom stereocenters. The van der Waals surface area contributed by atoms with Gasteiger partial charge in [0.15, 0.2) is 0 Å². The molecule has 204 valence electrons. The van der Waals surface area contributed by atoms with Crippen LogP contribution in [-0.4, -0.2) is 41.3 Å². The number of hydrogen-bond donors (Lipinski definition) is 1. The van der Waals surface area contributed by atoms with E-state index in [1.54, 1.807) is 25.1 Å². The highest BCUT2D eigenvalue weighted by molar-refractivity contribution is 5.89. The molecule has 10 heteroatoms. The van der Waals surface area contributed by atoms with Crippen molar-refractivity contribution in [3.63, 3.8) is 0 Å². The molecular formula is C27H31F6NO3. The smallest absolute Gasteiger partial charge is 0.420 e. The number of fused-ring (bicyclic) bond motifs is 1. The van der Waals surface area contributed by atoms with Crippen LogP contribution >= 0.6 is 0 Å². The van der Waals surface area contributed by atoms with E-state index in [1.807, 2.05) is 0 Å². The number of hydrogen-bond acceptors (Lipinski definition) is 3. The lowest BCUT2D eigenvalue weighted by atomic mass is 9.86. The van der Waals surface area contributed by atoms with Crippen molar-refractivity contribution >= 4 is 16.7 Å². The second kappa shape index (κ2) is 10.7. The van der Waals surface area contributed by atoms with E-state index >= 15 is 0 Å². The van der Waals surface area contributed by atoms with E-state index in [0.717, 1.165) is 24.9 Å². The summed E-state index contributed by atoms with van der Waals surface area (Å²) in [5.74, 6) is -3.06. The van der Waals surface area contributed by atoms with Crippen molar-refractivity contribution in [1.29, 1.82) is 0 Å². The number of carboxylic acids is 1. The first-order valence-corrected chi connectivity index (χ1v) is 12.6. The molecule has 2 aromatic carbocycles. The molecule has 0 aromatic heterocycles. The number of carbonyl (C=O) groups is 1. The van der Waals surface area contributed by atoms with Gasteiger partial charge < -0.3 is 9.84 Å². The Morgan fingerprint density at radius 2 is 1.76 bits per heavy atom. The van der Waals surface area contributed by atoms with Crippen molar-refractivity contribution in [3.05, 3.63) is 41.5 Å². The topological polar surface area (TPSA) is 49.8 Å². The minimum Gasteiger partial charge on any atom is -0.490 e. The Bertz CT molecular complexity index is 1110. The highest BCUT2D eigenvalue weighted by atomic mass is 19.4. The van der Waals surface area contributed by atoms with Crippen LogP contribution in [0.25, 0.3) is 10.8 Å². The average Bonchev–Trinajstić information content (AvgIpc) is 2.82. The third-order valence-electron chi connectivity index (χ3n) is 7.80. The Labute approximate surface area is 211 Å². The van der Waals surface area contributed by atoms with E-state index in [4.69, 9.17) is 4.74 Å². The van der Waals surface area contributed by atoms with E-state index < -0.39 is 41.8 Å². The van der Waals surface area contributed by atoms with Crippen molar-refractivity contribution in [1.82, 2.24) is 4.90 Å². The summed E-state index contributed by atoms with van der Waals surface area (Å²) in [6.07, 6.45) is -8.22. The summed E-state index contributed by atoms with van der Waals surface area (Å²) >= 11 is 0. The van der Waals surface area contributed by atoms with Gasteiger partial charge in [-0.2, -0.15) is 26.3 Å². The predicted molar refractivity (Wildman–Crippen MR) is 126 cm³/mol. The van der Waals surface area contributed by atoms with Crippen LogP contribution in [0.1, 0.15) is 56.6 Å². The van der Waals surface area contributed by atoms with Gasteiger partial charge in [0.2, 0.25) is 0 Å². The normalized spacial score (nSPS) is 24.7. The highest BCUT2D eigenvalue weighted by Gasteiger charge is 2.43. The molecule has 1 N–H and O–H groups in total. The van der Waals surface area contributed by atoms with Crippen LogP contribution < -0.4 is 4.74 Å². The second-order valence-corrected chi connectivity index (χ2v) is 10.4. The largest absolute Gasteiger partial charge is 0.490 e. The number of carboxylic acid groups (broad SMARTS) is 1. The van der Waals surface area contributed by atoms with Crippen molar-refractivity contribution in [3.8, 4) is 5.75 Å². The number of aliphatic carboxylic acids is 1. The molecule has 4 nitrogen and oxygen atoms in total. The van der Waals surface area contributed by atoms with Crippen LogP contribution in [0.2, 0.25) is 0 Å². The van der Waals surface area contributed by atoms with Crippen LogP contribution in [0, 0.1) is 17.8 Å². The molecule has 2 aromatic rings.